The highest BCUT2D eigenvalue weighted by molar-refractivity contribution is 6.03. The lowest BCUT2D eigenvalue weighted by Gasteiger charge is -2.39. The maximum Gasteiger partial charge on any atom is 0.312 e. The number of hydrogen-bond donors (Lipinski definition) is 2. The summed E-state index contributed by atoms with van der Waals surface area (Å²) >= 11 is 0. The molecule has 1 aromatic carbocycles. The standard InChI is InChI=1S/C25H36N6O4/c1-5-22(32)26-21-10-8-7-9-20(21)23(33)30-13-11-25(12-14-30,24(34)35-6-2)17-19-18-31(28-27-19)16-15-29(3)4/h7-10,18H,5-6,11-17H2,1-4H3,(H,26,32,33)/p+1. The lowest BCUT2D eigenvalue weighted by atomic mass is 9.74. The van der Waals surface area contributed by atoms with Crippen LogP contribution in [0, 0.1) is 5.41 Å². The summed E-state index contributed by atoms with van der Waals surface area (Å²) in [5, 5.41) is 10.2. The predicted octanol–water partition coefficient (Wildman–Crippen LogP) is 1.64. The Morgan fingerprint density at radius 2 is 1.91 bits per heavy atom. The highest BCUT2D eigenvalue weighted by Crippen LogP contribution is 2.37. The maximum absolute atomic E-state index is 13.3. The summed E-state index contributed by atoms with van der Waals surface area (Å²) in [6, 6.07) is 7.03. The zero-order valence-corrected chi connectivity index (χ0v) is 21.2. The number of aromatic nitrogens is 3. The van der Waals surface area contributed by atoms with Gasteiger partial charge < -0.3 is 19.9 Å². The molecular formula is C25H37N6O4+. The molecule has 0 spiro atoms. The van der Waals surface area contributed by atoms with Crippen molar-refractivity contribution in [1.29, 1.82) is 0 Å². The van der Waals surface area contributed by atoms with Crippen molar-refractivity contribution in [3.63, 3.8) is 0 Å². The van der Waals surface area contributed by atoms with E-state index in [9.17, 15) is 14.4 Å². The number of hydrogen-bond acceptors (Lipinski definition) is 6. The van der Waals surface area contributed by atoms with Gasteiger partial charge in [0.05, 0.1) is 23.3 Å². The second-order valence-electron chi connectivity index (χ2n) is 9.25. The number of rotatable bonds is 10. The van der Waals surface area contributed by atoms with Crippen molar-refractivity contribution in [2.45, 2.75) is 46.1 Å². The second kappa shape index (κ2) is 11.9. The number of carbonyl (C=O) groups excluding carboxylic acids is 3. The van der Waals surface area contributed by atoms with Gasteiger partial charge in [0.15, 0.2) is 6.20 Å². The summed E-state index contributed by atoms with van der Waals surface area (Å²) in [6.07, 6.45) is 3.67. The van der Waals surface area contributed by atoms with Gasteiger partial charge in [-0.05, 0) is 46.0 Å². The van der Waals surface area contributed by atoms with Crippen molar-refractivity contribution in [2.24, 2.45) is 5.41 Å². The molecule has 1 aliphatic rings. The van der Waals surface area contributed by atoms with Crippen molar-refractivity contribution in [1.82, 2.24) is 20.1 Å². The topological polar surface area (TPSA) is 112 Å². The minimum Gasteiger partial charge on any atom is -0.466 e. The molecule has 2 aromatic rings. The van der Waals surface area contributed by atoms with Crippen molar-refractivity contribution in [2.75, 3.05) is 45.7 Å². The molecule has 0 bridgehead atoms. The molecule has 0 unspecified atom stereocenters. The molecule has 2 heterocycles. The number of nitrogens with zero attached hydrogens (tertiary/aromatic N) is 4. The average molecular weight is 486 g/mol. The van der Waals surface area contributed by atoms with Gasteiger partial charge in [-0.15, -0.1) is 0 Å². The smallest absolute Gasteiger partial charge is 0.312 e. The van der Waals surface area contributed by atoms with Gasteiger partial charge in [0.25, 0.3) is 5.91 Å². The summed E-state index contributed by atoms with van der Waals surface area (Å²) in [6.45, 7) is 6.34. The fourth-order valence-electron chi connectivity index (χ4n) is 4.28. The number of para-hydroxylation sites is 1. The van der Waals surface area contributed by atoms with Crippen molar-refractivity contribution < 1.29 is 23.8 Å². The van der Waals surface area contributed by atoms with Crippen LogP contribution in [-0.2, 0) is 27.3 Å². The van der Waals surface area contributed by atoms with E-state index in [4.69, 9.17) is 4.74 Å². The second-order valence-corrected chi connectivity index (χ2v) is 9.25. The van der Waals surface area contributed by atoms with Crippen LogP contribution in [0.4, 0.5) is 5.69 Å². The Labute approximate surface area is 206 Å². The molecule has 2 N–H and O–H groups in total. The van der Waals surface area contributed by atoms with Crippen LogP contribution in [0.15, 0.2) is 30.5 Å². The van der Waals surface area contributed by atoms with Crippen LogP contribution in [0.25, 0.3) is 0 Å². The third-order valence-electron chi connectivity index (χ3n) is 6.40. The first kappa shape index (κ1) is 26.3. The van der Waals surface area contributed by atoms with Crippen molar-refractivity contribution in [3.05, 3.63) is 41.7 Å². The lowest BCUT2D eigenvalue weighted by Crippen LogP contribution is -2.48. The van der Waals surface area contributed by atoms with E-state index in [0.29, 0.717) is 56.6 Å². The molecule has 35 heavy (non-hydrogen) atoms. The molecule has 10 nitrogen and oxygen atoms in total. The van der Waals surface area contributed by atoms with Gasteiger partial charge in [0.1, 0.15) is 6.54 Å². The van der Waals surface area contributed by atoms with Crippen LogP contribution in [0.3, 0.4) is 0 Å². The summed E-state index contributed by atoms with van der Waals surface area (Å²) in [4.78, 5) is 42.1. The monoisotopic (exact) mass is 485 g/mol. The summed E-state index contributed by atoms with van der Waals surface area (Å²) in [7, 11) is 4.03. The van der Waals surface area contributed by atoms with Crippen LogP contribution in [0.2, 0.25) is 0 Å². The number of nitrogens with one attached hydrogen (secondary N) is 2. The largest absolute Gasteiger partial charge is 0.466 e. The summed E-state index contributed by atoms with van der Waals surface area (Å²) < 4.78 is 7.37. The fourth-order valence-corrected chi connectivity index (χ4v) is 4.28. The third kappa shape index (κ3) is 6.66. The van der Waals surface area contributed by atoms with Gasteiger partial charge in [0, 0.05) is 37.6 Å². The van der Waals surface area contributed by atoms with Crippen molar-refractivity contribution >= 4 is 23.5 Å². The van der Waals surface area contributed by atoms with E-state index in [1.54, 1.807) is 43.0 Å². The Kier molecular flexibility index (Phi) is 8.97. The molecular weight excluding hydrogens is 448 g/mol. The number of likely N-dealkylation sites (tertiary alicyclic amines) is 1. The average Bonchev–Trinajstić information content (AvgIpc) is 3.30. The van der Waals surface area contributed by atoms with E-state index < -0.39 is 5.41 Å². The molecule has 0 saturated carbocycles. The number of likely N-dealkylation sites (N-methyl/N-ethyl adjacent to an activating group) is 1. The number of anilines is 1. The molecule has 0 aliphatic carbocycles. The van der Waals surface area contributed by atoms with Gasteiger partial charge in [-0.25, -0.2) is 0 Å². The normalized spacial score (nSPS) is 15.2. The van der Waals surface area contributed by atoms with Gasteiger partial charge >= 0.3 is 5.97 Å². The quantitative estimate of drug-likeness (QED) is 0.391. The van der Waals surface area contributed by atoms with Gasteiger partial charge in [0.2, 0.25) is 11.6 Å². The first-order valence-corrected chi connectivity index (χ1v) is 12.2. The Hall–Kier alpha value is -3.27. The number of carbonyl (C=O) groups is 3. The highest BCUT2D eigenvalue weighted by atomic mass is 16.5. The first-order chi connectivity index (χ1) is 16.8. The van der Waals surface area contributed by atoms with E-state index in [1.807, 2.05) is 25.0 Å². The molecule has 1 aliphatic heterocycles. The molecule has 10 heteroatoms. The Balaban J connectivity index is 1.73. The number of aromatic amines is 1. The SMILES string of the molecule is CCOC(=O)C1(Cc2c[n+](CCN(C)C)[nH]n2)CCN(C(=O)c2ccccc2NC(=O)CC)CC1. The number of benzene rings is 1. The number of esters is 1. The first-order valence-electron chi connectivity index (χ1n) is 12.2. The number of piperidine rings is 1. The van der Waals surface area contributed by atoms with Crippen molar-refractivity contribution in [3.8, 4) is 0 Å². The van der Waals surface area contributed by atoms with Gasteiger partial charge in [-0.1, -0.05) is 24.3 Å². The number of H-pyrrole nitrogens is 1. The Bertz CT molecular complexity index is 1030. The highest BCUT2D eigenvalue weighted by Gasteiger charge is 2.45. The van der Waals surface area contributed by atoms with E-state index >= 15 is 0 Å². The molecule has 1 aromatic heterocycles. The van der Waals surface area contributed by atoms with Gasteiger partial charge in [-0.2, -0.15) is 4.68 Å². The van der Waals surface area contributed by atoms with Crippen LogP contribution < -0.4 is 10.00 Å². The predicted molar refractivity (Wildman–Crippen MR) is 131 cm³/mol. The van der Waals surface area contributed by atoms with Gasteiger partial charge in [-0.3, -0.25) is 14.4 Å². The maximum atomic E-state index is 13.3. The zero-order valence-electron chi connectivity index (χ0n) is 21.2. The van der Waals surface area contributed by atoms with Crippen LogP contribution >= 0.6 is 0 Å². The van der Waals surface area contributed by atoms with E-state index in [2.05, 4.69) is 20.5 Å². The molecule has 190 valence electrons. The Morgan fingerprint density at radius 1 is 1.20 bits per heavy atom. The fraction of sp³-hybridized carbons (Fsp3) is 0.560. The summed E-state index contributed by atoms with van der Waals surface area (Å²) in [5.41, 5.74) is 1.01. The molecule has 0 atom stereocenters. The number of ether oxygens (including phenoxy) is 1. The third-order valence-corrected chi connectivity index (χ3v) is 6.40. The molecule has 1 fully saturated rings. The minimum absolute atomic E-state index is 0.146. The van der Waals surface area contributed by atoms with Crippen LogP contribution in [0.1, 0.15) is 49.2 Å². The van der Waals surface area contributed by atoms with Crippen LogP contribution in [-0.4, -0.2) is 78.2 Å². The zero-order chi connectivity index (χ0) is 25.4. The minimum atomic E-state index is -0.739. The lowest BCUT2D eigenvalue weighted by molar-refractivity contribution is -0.753. The van der Waals surface area contributed by atoms with E-state index in [-0.39, 0.29) is 17.8 Å². The summed E-state index contributed by atoms with van der Waals surface area (Å²) in [5.74, 6) is -0.548. The number of amides is 2. The molecule has 3 rings (SSSR count). The molecule has 1 saturated heterocycles. The van der Waals surface area contributed by atoms with E-state index in [0.717, 1.165) is 18.8 Å². The molecule has 2 amide bonds. The van der Waals surface area contributed by atoms with E-state index in [1.165, 1.54) is 0 Å². The Morgan fingerprint density at radius 3 is 2.57 bits per heavy atom. The molecule has 0 radical (unpaired) electrons. The van der Waals surface area contributed by atoms with Crippen LogP contribution in [0.5, 0.6) is 0 Å².